The van der Waals surface area contributed by atoms with Crippen molar-refractivity contribution < 1.29 is 22.7 Å². The van der Waals surface area contributed by atoms with Gasteiger partial charge in [0.2, 0.25) is 0 Å². The van der Waals surface area contributed by atoms with Crippen molar-refractivity contribution in [2.45, 2.75) is 11.4 Å². The van der Waals surface area contributed by atoms with Gasteiger partial charge in [0.1, 0.15) is 12.3 Å². The van der Waals surface area contributed by atoms with Crippen LogP contribution in [0.4, 0.5) is 10.5 Å². The average molecular weight is 440 g/mol. The summed E-state index contributed by atoms with van der Waals surface area (Å²) in [4.78, 5) is 24.4. The van der Waals surface area contributed by atoms with Gasteiger partial charge in [-0.05, 0) is 35.2 Å². The summed E-state index contributed by atoms with van der Waals surface area (Å²) in [6.45, 7) is -0.224. The Bertz CT molecular complexity index is 1250. The zero-order chi connectivity index (χ0) is 22.0. The summed E-state index contributed by atoms with van der Waals surface area (Å²) in [6.07, 6.45) is 0. The van der Waals surface area contributed by atoms with Gasteiger partial charge in [-0.15, -0.1) is 0 Å². The number of ether oxygens (including phenoxy) is 1. The van der Waals surface area contributed by atoms with E-state index in [1.165, 1.54) is 6.07 Å². The number of rotatable bonds is 5. The molecule has 10 heteroatoms. The van der Waals surface area contributed by atoms with Crippen LogP contribution in [0.1, 0.15) is 5.56 Å². The molecule has 0 saturated heterocycles. The molecule has 0 unspecified atom stereocenters. The van der Waals surface area contributed by atoms with Crippen molar-refractivity contribution in [2.75, 3.05) is 18.0 Å². The number of nitrogens with one attached hydrogen (secondary N) is 3. The minimum absolute atomic E-state index is 0.165. The number of amides is 3. The minimum atomic E-state index is -3.85. The number of carbonyl (C=O) groups excluding carboxylic acids is 2. The monoisotopic (exact) mass is 440 g/mol. The molecule has 0 saturated carbocycles. The Hall–Kier alpha value is -3.79. The molecular formula is C21H20N4O5S. The lowest BCUT2D eigenvalue weighted by Gasteiger charge is -2.18. The summed E-state index contributed by atoms with van der Waals surface area (Å²) >= 11 is 0. The van der Waals surface area contributed by atoms with Gasteiger partial charge in [0.25, 0.3) is 15.9 Å². The summed E-state index contributed by atoms with van der Waals surface area (Å²) in [5, 5.41) is 3.96. The molecule has 1 heterocycles. The molecule has 160 valence electrons. The number of hydrazine groups is 1. The molecule has 3 amide bonds. The highest BCUT2D eigenvalue weighted by atomic mass is 32.2. The van der Waals surface area contributed by atoms with Gasteiger partial charge in [-0.1, -0.05) is 36.4 Å². The van der Waals surface area contributed by atoms with Crippen molar-refractivity contribution in [1.82, 2.24) is 16.2 Å². The number of hydrogen-bond donors (Lipinski definition) is 3. The van der Waals surface area contributed by atoms with Crippen LogP contribution in [0.5, 0.6) is 5.75 Å². The molecule has 31 heavy (non-hydrogen) atoms. The largest absolute Gasteiger partial charge is 0.497 e. The van der Waals surface area contributed by atoms with Gasteiger partial charge in [0.15, 0.2) is 0 Å². The van der Waals surface area contributed by atoms with Crippen molar-refractivity contribution in [2.24, 2.45) is 0 Å². The Kier molecular flexibility index (Phi) is 5.38. The van der Waals surface area contributed by atoms with Crippen LogP contribution in [0.25, 0.3) is 10.8 Å². The van der Waals surface area contributed by atoms with Crippen LogP contribution >= 0.6 is 0 Å². The van der Waals surface area contributed by atoms with E-state index in [1.807, 2.05) is 12.1 Å². The standard InChI is InChI=1S/C21H20N4O5S/c1-30-16-10-8-14(9-11-16)12-22-21(27)24-23-19(26)13-25-17-6-2-4-15-5-3-7-18(20(15)17)31(25,28)29/h2-11H,12-13H2,1H3,(H,23,26)(H2,22,24,27). The quantitative estimate of drug-likeness (QED) is 0.524. The van der Waals surface area contributed by atoms with Gasteiger partial charge in [-0.25, -0.2) is 18.6 Å². The molecule has 0 bridgehead atoms. The molecule has 0 atom stereocenters. The SMILES string of the molecule is COc1ccc(CNC(=O)NNC(=O)CN2c3cccc4cccc(c34)S2(=O)=O)cc1. The first kappa shape index (κ1) is 20.5. The molecule has 1 aliphatic rings. The number of urea groups is 1. The maximum Gasteiger partial charge on any atom is 0.333 e. The fraction of sp³-hybridized carbons (Fsp3) is 0.143. The van der Waals surface area contributed by atoms with Crippen LogP contribution in [0.2, 0.25) is 0 Å². The summed E-state index contributed by atoms with van der Waals surface area (Å²) in [5.74, 6) is 0.0307. The first-order valence-corrected chi connectivity index (χ1v) is 10.8. The van der Waals surface area contributed by atoms with Gasteiger partial charge in [0, 0.05) is 11.9 Å². The zero-order valence-corrected chi connectivity index (χ0v) is 17.4. The predicted octanol–water partition coefficient (Wildman–Crippen LogP) is 1.89. The van der Waals surface area contributed by atoms with Crippen molar-refractivity contribution in [1.29, 1.82) is 0 Å². The molecule has 0 aliphatic carbocycles. The van der Waals surface area contributed by atoms with Crippen LogP contribution in [0, 0.1) is 0 Å². The Morgan fingerprint density at radius 3 is 2.39 bits per heavy atom. The number of anilines is 1. The van der Waals surface area contributed by atoms with E-state index in [9.17, 15) is 18.0 Å². The molecule has 0 spiro atoms. The maximum atomic E-state index is 12.9. The normalized spacial score (nSPS) is 13.6. The molecular weight excluding hydrogens is 420 g/mol. The molecule has 3 aromatic rings. The van der Waals surface area contributed by atoms with Gasteiger partial charge >= 0.3 is 6.03 Å². The molecule has 1 aliphatic heterocycles. The van der Waals surface area contributed by atoms with Crippen LogP contribution in [-0.2, 0) is 21.4 Å². The van der Waals surface area contributed by atoms with Crippen molar-refractivity contribution in [3.05, 3.63) is 66.2 Å². The van der Waals surface area contributed by atoms with E-state index >= 15 is 0 Å². The minimum Gasteiger partial charge on any atom is -0.497 e. The maximum absolute atomic E-state index is 12.9. The van der Waals surface area contributed by atoms with E-state index in [0.717, 1.165) is 15.3 Å². The Labute approximate surface area is 179 Å². The lowest BCUT2D eigenvalue weighted by atomic mass is 10.1. The highest BCUT2D eigenvalue weighted by Gasteiger charge is 2.36. The van der Waals surface area contributed by atoms with Crippen LogP contribution in [0.15, 0.2) is 65.6 Å². The topological polar surface area (TPSA) is 117 Å². The molecule has 3 aromatic carbocycles. The first-order chi connectivity index (χ1) is 14.9. The Balaban J connectivity index is 1.35. The summed E-state index contributed by atoms with van der Waals surface area (Å²) < 4.78 is 31.9. The highest BCUT2D eigenvalue weighted by Crippen LogP contribution is 2.41. The lowest BCUT2D eigenvalue weighted by Crippen LogP contribution is -2.50. The Morgan fingerprint density at radius 2 is 1.68 bits per heavy atom. The number of nitrogens with zero attached hydrogens (tertiary/aromatic N) is 1. The Morgan fingerprint density at radius 1 is 0.968 bits per heavy atom. The zero-order valence-electron chi connectivity index (χ0n) is 16.6. The molecule has 0 fully saturated rings. The first-order valence-electron chi connectivity index (χ1n) is 9.40. The second kappa shape index (κ2) is 8.15. The van der Waals surface area contributed by atoms with Gasteiger partial charge in [-0.2, -0.15) is 0 Å². The lowest BCUT2D eigenvalue weighted by molar-refractivity contribution is -0.120. The van der Waals surface area contributed by atoms with Crippen LogP contribution < -0.4 is 25.2 Å². The van der Waals surface area contributed by atoms with Crippen molar-refractivity contribution >= 4 is 38.4 Å². The number of methoxy groups -OCH3 is 1. The third-order valence-corrected chi connectivity index (χ3v) is 6.70. The van der Waals surface area contributed by atoms with E-state index in [1.54, 1.807) is 49.6 Å². The molecule has 4 rings (SSSR count). The number of sulfonamides is 1. The molecule has 0 radical (unpaired) electrons. The smallest absolute Gasteiger partial charge is 0.333 e. The van der Waals surface area contributed by atoms with Crippen LogP contribution in [-0.4, -0.2) is 34.0 Å². The van der Waals surface area contributed by atoms with Crippen LogP contribution in [0.3, 0.4) is 0 Å². The second-order valence-corrected chi connectivity index (χ2v) is 8.68. The van der Waals surface area contributed by atoms with Gasteiger partial charge in [0.05, 0.1) is 17.7 Å². The predicted molar refractivity (Wildman–Crippen MR) is 115 cm³/mol. The van der Waals surface area contributed by atoms with Crippen molar-refractivity contribution in [3.8, 4) is 5.75 Å². The van der Waals surface area contributed by atoms with Gasteiger partial charge < -0.3 is 10.1 Å². The third-order valence-electron chi connectivity index (χ3n) is 4.90. The van der Waals surface area contributed by atoms with Gasteiger partial charge in [-0.3, -0.25) is 14.5 Å². The van der Waals surface area contributed by atoms with E-state index in [2.05, 4.69) is 16.2 Å². The van der Waals surface area contributed by atoms with Crippen molar-refractivity contribution in [3.63, 3.8) is 0 Å². The summed E-state index contributed by atoms with van der Waals surface area (Å²) in [6, 6.07) is 16.7. The van der Waals surface area contributed by atoms with E-state index in [-0.39, 0.29) is 11.4 Å². The molecule has 9 nitrogen and oxygen atoms in total. The summed E-state index contributed by atoms with van der Waals surface area (Å²) in [5.41, 5.74) is 5.74. The highest BCUT2D eigenvalue weighted by molar-refractivity contribution is 7.93. The number of hydrogen-bond acceptors (Lipinski definition) is 5. The number of benzene rings is 3. The molecule has 0 aromatic heterocycles. The number of carbonyl (C=O) groups is 2. The van der Waals surface area contributed by atoms with E-state index in [4.69, 9.17) is 4.74 Å². The second-order valence-electron chi connectivity index (χ2n) is 6.85. The van der Waals surface area contributed by atoms with E-state index < -0.39 is 28.5 Å². The fourth-order valence-corrected chi connectivity index (χ4v) is 5.06. The fourth-order valence-electron chi connectivity index (χ4n) is 3.39. The molecule has 3 N–H and O–H groups in total. The summed E-state index contributed by atoms with van der Waals surface area (Å²) in [7, 11) is -2.28. The third kappa shape index (κ3) is 3.97. The average Bonchev–Trinajstić information content (AvgIpc) is 3.00. The van der Waals surface area contributed by atoms with E-state index in [0.29, 0.717) is 16.8 Å².